The molecule has 1 amide bonds. The molecule has 49 heavy (non-hydrogen) atoms. The van der Waals surface area contributed by atoms with Crippen LogP contribution in [-0.2, 0) is 15.4 Å². The molecular weight excluding hydrogens is 694 g/mol. The lowest BCUT2D eigenvalue weighted by atomic mass is 9.74. The lowest BCUT2D eigenvalue weighted by Gasteiger charge is -2.39. The molecule has 4 atom stereocenters. The molecule has 3 fully saturated rings. The lowest BCUT2D eigenvalue weighted by Crippen LogP contribution is -2.46. The Labute approximate surface area is 299 Å². The van der Waals surface area contributed by atoms with Crippen LogP contribution in [0.25, 0.3) is 0 Å². The summed E-state index contributed by atoms with van der Waals surface area (Å²) in [5.74, 6) is -0.938. The Morgan fingerprint density at radius 2 is 1.59 bits per heavy atom. The van der Waals surface area contributed by atoms with Crippen LogP contribution in [0.3, 0.4) is 0 Å². The molecule has 5 rings (SSSR count). The molecule has 0 saturated heterocycles. The number of hydrogen-bond acceptors (Lipinski definition) is 4. The summed E-state index contributed by atoms with van der Waals surface area (Å²) in [5.41, 5.74) is -1.04. The number of halogens is 5. The summed E-state index contributed by atoms with van der Waals surface area (Å²) in [7, 11) is -2.34. The minimum Gasteiger partial charge on any atom is -0.481 e. The molecule has 1 aromatic heterocycles. The Morgan fingerprint density at radius 1 is 1.06 bits per heavy atom. The number of carbonyl (C=O) groups excluding carboxylic acids is 1. The summed E-state index contributed by atoms with van der Waals surface area (Å²) in [5, 5.41) is 14.7. The van der Waals surface area contributed by atoms with Gasteiger partial charge in [-0.05, 0) is 105 Å². The van der Waals surface area contributed by atoms with Gasteiger partial charge in [-0.1, -0.05) is 57.8 Å². The van der Waals surface area contributed by atoms with Crippen molar-refractivity contribution in [2.24, 2.45) is 22.7 Å². The molecule has 0 radical (unpaired) electrons. The predicted octanol–water partition coefficient (Wildman–Crippen LogP) is 10.4. The average molecular weight is 745 g/mol. The average Bonchev–Trinajstić information content (AvgIpc) is 3.45. The first-order valence-corrected chi connectivity index (χ1v) is 20.9. The molecule has 3 aliphatic rings. The van der Waals surface area contributed by atoms with Crippen LogP contribution in [0, 0.1) is 29.6 Å². The van der Waals surface area contributed by atoms with E-state index in [1.54, 1.807) is 24.0 Å². The summed E-state index contributed by atoms with van der Waals surface area (Å²) >= 11 is 13.7. The predicted molar refractivity (Wildman–Crippen MR) is 188 cm³/mol. The largest absolute Gasteiger partial charge is 0.481 e. The van der Waals surface area contributed by atoms with Crippen molar-refractivity contribution in [2.45, 2.75) is 129 Å². The first-order valence-electron chi connectivity index (χ1n) is 17.6. The van der Waals surface area contributed by atoms with Gasteiger partial charge in [-0.25, -0.2) is 0 Å². The molecule has 3 saturated carbocycles. The van der Waals surface area contributed by atoms with E-state index in [1.807, 2.05) is 6.92 Å². The second-order valence-electron chi connectivity index (χ2n) is 15.6. The Hall–Kier alpha value is -2.08. The maximum absolute atomic E-state index is 15.0. The van der Waals surface area contributed by atoms with Gasteiger partial charge in [0.1, 0.15) is 0 Å². The van der Waals surface area contributed by atoms with Crippen molar-refractivity contribution in [1.82, 2.24) is 14.7 Å². The van der Waals surface area contributed by atoms with E-state index in [0.717, 1.165) is 34.6 Å². The van der Waals surface area contributed by atoms with Crippen molar-refractivity contribution in [3.63, 3.8) is 0 Å². The Bertz CT molecular complexity index is 1520. The van der Waals surface area contributed by atoms with Gasteiger partial charge in [0.25, 0.3) is 5.91 Å². The third-order valence-electron chi connectivity index (χ3n) is 12.5. The highest BCUT2D eigenvalue weighted by Crippen LogP contribution is 2.67. The van der Waals surface area contributed by atoms with E-state index in [1.165, 1.54) is 0 Å². The SMILES string of the molecule is CC[Si](CC)(CC)OC(CN(C(=O)c1cnn([C@H]2CC[C@](C)(C(=O)O)CC2)c1C(F)(F)F)[C@@H]1C[C@@H]2[C@H](C1)C2(C)C)c1c(Cl)cc(C)cc1Cl. The van der Waals surface area contributed by atoms with Crippen molar-refractivity contribution >= 4 is 43.4 Å². The molecule has 1 heterocycles. The standard InChI is InChI=1S/C36H50Cl2F3N3O4Si/c1-8-49(9-2,10-3)48-29(30-27(37)15-21(4)16-28(30)38)20-43(23-17-25-26(18-23)34(25,5)6)32(45)24-19-42-44(31(24)36(39,40)41)22-11-13-35(7,14-12-22)33(46)47/h15-16,19,22-23,25-26,29H,8-14,17-18,20H2,1-7H3,(H,46,47)/t22-,23-,25-,26+,29?,35-. The number of rotatable bonds is 12. The highest BCUT2D eigenvalue weighted by molar-refractivity contribution is 6.73. The van der Waals surface area contributed by atoms with Crippen LogP contribution in [0.2, 0.25) is 28.2 Å². The number of fused-ring (bicyclic) bond motifs is 1. The monoisotopic (exact) mass is 743 g/mol. The quantitative estimate of drug-likeness (QED) is 0.219. The van der Waals surface area contributed by atoms with Crippen LogP contribution in [-0.4, -0.2) is 52.6 Å². The second kappa shape index (κ2) is 13.8. The van der Waals surface area contributed by atoms with E-state index >= 15 is 13.2 Å². The first kappa shape index (κ1) is 38.2. The van der Waals surface area contributed by atoms with Gasteiger partial charge in [-0.15, -0.1) is 0 Å². The molecule has 1 aromatic carbocycles. The lowest BCUT2D eigenvalue weighted by molar-refractivity contribution is -0.152. The van der Waals surface area contributed by atoms with E-state index in [-0.39, 0.29) is 43.7 Å². The van der Waals surface area contributed by atoms with Gasteiger partial charge in [0.2, 0.25) is 0 Å². The molecule has 272 valence electrons. The molecule has 2 aromatic rings. The van der Waals surface area contributed by atoms with Crippen LogP contribution < -0.4 is 0 Å². The molecule has 0 aliphatic heterocycles. The zero-order valence-electron chi connectivity index (χ0n) is 29.6. The van der Waals surface area contributed by atoms with Crippen LogP contribution in [0.15, 0.2) is 18.3 Å². The number of nitrogens with zero attached hydrogens (tertiary/aromatic N) is 3. The number of benzene rings is 1. The summed E-state index contributed by atoms with van der Waals surface area (Å²) in [4.78, 5) is 28.1. The zero-order chi connectivity index (χ0) is 36.3. The Morgan fingerprint density at radius 3 is 2.06 bits per heavy atom. The number of aryl methyl sites for hydroxylation is 1. The van der Waals surface area contributed by atoms with Gasteiger partial charge in [0.05, 0.1) is 35.9 Å². The molecular formula is C36H50Cl2F3N3O4Si. The third-order valence-corrected chi connectivity index (χ3v) is 17.8. The fourth-order valence-electron chi connectivity index (χ4n) is 8.75. The smallest absolute Gasteiger partial charge is 0.433 e. The number of aliphatic carboxylic acids is 1. The molecule has 1 N–H and O–H groups in total. The minimum atomic E-state index is -4.87. The van der Waals surface area contributed by atoms with E-state index in [2.05, 4.69) is 39.7 Å². The number of carboxylic acids is 1. The molecule has 13 heteroatoms. The highest BCUT2D eigenvalue weighted by atomic mass is 35.5. The third kappa shape index (κ3) is 7.20. The highest BCUT2D eigenvalue weighted by Gasteiger charge is 2.63. The van der Waals surface area contributed by atoms with Crippen molar-refractivity contribution < 1.29 is 32.3 Å². The van der Waals surface area contributed by atoms with E-state index in [4.69, 9.17) is 27.6 Å². The van der Waals surface area contributed by atoms with Gasteiger partial charge in [-0.3, -0.25) is 14.3 Å². The minimum absolute atomic E-state index is 0.00346. The summed E-state index contributed by atoms with van der Waals surface area (Å²) in [6, 6.07) is 5.10. The normalized spacial score (nSPS) is 27.1. The van der Waals surface area contributed by atoms with Gasteiger partial charge in [0.15, 0.2) is 14.0 Å². The topological polar surface area (TPSA) is 84.7 Å². The van der Waals surface area contributed by atoms with E-state index in [0.29, 0.717) is 40.3 Å². The van der Waals surface area contributed by atoms with Crippen molar-refractivity contribution in [1.29, 1.82) is 0 Å². The molecule has 3 aliphatic carbocycles. The van der Waals surface area contributed by atoms with Crippen LogP contribution in [0.1, 0.15) is 119 Å². The van der Waals surface area contributed by atoms with Gasteiger partial charge in [0, 0.05) is 21.7 Å². The maximum atomic E-state index is 15.0. The fraction of sp³-hybridized carbons (Fsp3) is 0.694. The van der Waals surface area contributed by atoms with Gasteiger partial charge in [-0.2, -0.15) is 18.3 Å². The second-order valence-corrected chi connectivity index (χ2v) is 21.1. The van der Waals surface area contributed by atoms with Crippen LogP contribution in [0.5, 0.6) is 0 Å². The van der Waals surface area contributed by atoms with Gasteiger partial charge >= 0.3 is 12.1 Å². The number of carboxylic acid groups (broad SMARTS) is 1. The molecule has 1 unspecified atom stereocenters. The van der Waals surface area contributed by atoms with Crippen LogP contribution >= 0.6 is 23.2 Å². The first-order chi connectivity index (χ1) is 22.8. The van der Waals surface area contributed by atoms with E-state index < -0.39 is 55.2 Å². The van der Waals surface area contributed by atoms with Crippen molar-refractivity contribution in [3.8, 4) is 0 Å². The van der Waals surface area contributed by atoms with Crippen molar-refractivity contribution in [2.75, 3.05) is 6.54 Å². The molecule has 0 spiro atoms. The van der Waals surface area contributed by atoms with E-state index in [9.17, 15) is 14.7 Å². The molecule has 0 bridgehead atoms. The number of carbonyl (C=O) groups is 2. The summed E-state index contributed by atoms with van der Waals surface area (Å²) < 4.78 is 53.0. The summed E-state index contributed by atoms with van der Waals surface area (Å²) in [6.45, 7) is 14.2. The fourth-order valence-corrected chi connectivity index (χ4v) is 12.4. The number of amides is 1. The number of alkyl halides is 3. The van der Waals surface area contributed by atoms with Crippen molar-refractivity contribution in [3.05, 3.63) is 50.8 Å². The Balaban J connectivity index is 1.57. The number of hydrogen-bond donors (Lipinski definition) is 1. The van der Waals surface area contributed by atoms with Gasteiger partial charge < -0.3 is 14.4 Å². The Kier molecular flexibility index (Phi) is 10.7. The molecule has 7 nitrogen and oxygen atoms in total. The maximum Gasteiger partial charge on any atom is 0.433 e. The summed E-state index contributed by atoms with van der Waals surface area (Å²) in [6.07, 6.45) is -2.32. The number of aromatic nitrogens is 2. The zero-order valence-corrected chi connectivity index (χ0v) is 32.1. The van der Waals surface area contributed by atoms with Crippen LogP contribution in [0.4, 0.5) is 13.2 Å².